The molecule has 0 aliphatic carbocycles. The summed E-state index contributed by atoms with van der Waals surface area (Å²) in [6.45, 7) is 11.2. The van der Waals surface area contributed by atoms with E-state index in [-0.39, 0.29) is 12.5 Å². The molecule has 1 saturated heterocycles. The molecular formula is C18H26BFN2O3. The summed E-state index contributed by atoms with van der Waals surface area (Å²) in [5.41, 5.74) is 6.88. The highest BCUT2D eigenvalue weighted by Crippen LogP contribution is 2.38. The number of carbonyl (C=O) groups excluding carboxylic acids is 1. The van der Waals surface area contributed by atoms with E-state index in [0.717, 1.165) is 5.56 Å². The van der Waals surface area contributed by atoms with Gasteiger partial charge in [0.15, 0.2) is 0 Å². The van der Waals surface area contributed by atoms with Crippen LogP contribution in [0.1, 0.15) is 45.7 Å². The molecule has 0 atom stereocenters. The fourth-order valence-electron chi connectivity index (χ4n) is 2.45. The molecule has 1 aromatic rings. The molecule has 1 aliphatic heterocycles. The maximum absolute atomic E-state index is 14.3. The molecule has 1 amide bonds. The molecule has 1 aromatic carbocycles. The number of hydrogen-bond donors (Lipinski definition) is 2. The van der Waals surface area contributed by atoms with E-state index in [2.05, 4.69) is 5.32 Å². The van der Waals surface area contributed by atoms with Crippen LogP contribution in [0.5, 0.6) is 0 Å². The van der Waals surface area contributed by atoms with Crippen molar-refractivity contribution in [1.29, 1.82) is 0 Å². The maximum atomic E-state index is 14.3. The number of halogens is 1. The van der Waals surface area contributed by atoms with Gasteiger partial charge in [-0.1, -0.05) is 6.08 Å². The van der Waals surface area contributed by atoms with Crippen molar-refractivity contribution in [3.05, 3.63) is 34.5 Å². The number of benzene rings is 1. The summed E-state index contributed by atoms with van der Waals surface area (Å²) < 4.78 is 26.4. The van der Waals surface area contributed by atoms with Crippen molar-refractivity contribution in [2.45, 2.75) is 52.7 Å². The third-order valence-corrected chi connectivity index (χ3v) is 4.82. The number of nitrogen functional groups attached to an aromatic ring is 1. The molecule has 136 valence electrons. The first-order valence-corrected chi connectivity index (χ1v) is 8.29. The van der Waals surface area contributed by atoms with Crippen LogP contribution in [0.3, 0.4) is 0 Å². The average Bonchev–Trinajstić information content (AvgIpc) is 2.68. The van der Waals surface area contributed by atoms with Gasteiger partial charge in [-0.25, -0.2) is 4.39 Å². The molecule has 25 heavy (non-hydrogen) atoms. The summed E-state index contributed by atoms with van der Waals surface area (Å²) in [7, 11) is -0.672. The van der Waals surface area contributed by atoms with Crippen LogP contribution in [0.2, 0.25) is 0 Å². The largest absolute Gasteiger partial charge is 0.492 e. The predicted octanol–water partition coefficient (Wildman–Crippen LogP) is 2.87. The molecule has 5 nitrogen and oxygen atoms in total. The second-order valence-corrected chi connectivity index (χ2v) is 7.45. The lowest BCUT2D eigenvalue weighted by Crippen LogP contribution is -2.41. The van der Waals surface area contributed by atoms with Crippen LogP contribution in [-0.4, -0.2) is 30.8 Å². The number of nitrogens with two attached hydrogens (primary N) is 1. The van der Waals surface area contributed by atoms with Gasteiger partial charge in [-0.15, -0.1) is 0 Å². The minimum absolute atomic E-state index is 0.184. The third kappa shape index (κ3) is 4.22. The van der Waals surface area contributed by atoms with Gasteiger partial charge in [-0.3, -0.25) is 4.79 Å². The fourth-order valence-corrected chi connectivity index (χ4v) is 2.45. The van der Waals surface area contributed by atoms with Crippen molar-refractivity contribution in [2.75, 3.05) is 12.3 Å². The monoisotopic (exact) mass is 348 g/mol. The number of nitrogens with one attached hydrogen (secondary N) is 1. The number of aryl methyl sites for hydroxylation is 1. The number of hydrogen-bond acceptors (Lipinski definition) is 4. The Kier molecular flexibility index (Phi) is 5.30. The van der Waals surface area contributed by atoms with Gasteiger partial charge in [0.2, 0.25) is 5.91 Å². The van der Waals surface area contributed by atoms with Crippen molar-refractivity contribution in [1.82, 2.24) is 5.32 Å². The summed E-state index contributed by atoms with van der Waals surface area (Å²) in [6, 6.07) is 2.96. The summed E-state index contributed by atoms with van der Waals surface area (Å²) >= 11 is 0. The molecule has 3 N–H and O–H groups in total. The van der Waals surface area contributed by atoms with E-state index in [1.54, 1.807) is 12.1 Å². The van der Waals surface area contributed by atoms with Crippen molar-refractivity contribution in [2.24, 2.45) is 0 Å². The normalized spacial score (nSPS) is 19.2. The SMILES string of the molecule is CC(=O)NCC(=Cc1cc(C)c(N)cc1F)B1OC(C)(C)C(C)(C)O1. The van der Waals surface area contributed by atoms with E-state index in [1.807, 2.05) is 34.6 Å². The number of anilines is 1. The molecule has 2 rings (SSSR count). The first-order chi connectivity index (χ1) is 11.4. The molecule has 0 bridgehead atoms. The Morgan fingerprint density at radius 3 is 2.36 bits per heavy atom. The van der Waals surface area contributed by atoms with Gasteiger partial charge in [0.1, 0.15) is 5.82 Å². The highest BCUT2D eigenvalue weighted by Gasteiger charge is 2.52. The summed E-state index contributed by atoms with van der Waals surface area (Å²) in [6.07, 6.45) is 1.65. The van der Waals surface area contributed by atoms with Gasteiger partial charge in [0.05, 0.1) is 11.2 Å². The summed E-state index contributed by atoms with van der Waals surface area (Å²) in [5.74, 6) is -0.615. The number of rotatable bonds is 4. The minimum Gasteiger partial charge on any atom is -0.400 e. The lowest BCUT2D eigenvalue weighted by Gasteiger charge is -2.32. The Labute approximate surface area is 148 Å². The molecule has 0 saturated carbocycles. The molecule has 0 radical (unpaired) electrons. The van der Waals surface area contributed by atoms with Crippen LogP contribution in [0.15, 0.2) is 17.6 Å². The Balaban J connectivity index is 2.40. The number of amides is 1. The smallest absolute Gasteiger partial charge is 0.400 e. The first-order valence-electron chi connectivity index (χ1n) is 8.29. The van der Waals surface area contributed by atoms with Crippen LogP contribution >= 0.6 is 0 Å². The summed E-state index contributed by atoms with van der Waals surface area (Å²) in [4.78, 5) is 11.3. The van der Waals surface area contributed by atoms with Gasteiger partial charge in [-0.2, -0.15) is 0 Å². The second-order valence-electron chi connectivity index (χ2n) is 7.45. The van der Waals surface area contributed by atoms with E-state index in [4.69, 9.17) is 15.0 Å². The highest BCUT2D eigenvalue weighted by atomic mass is 19.1. The van der Waals surface area contributed by atoms with Crippen molar-refractivity contribution < 1.29 is 18.5 Å². The third-order valence-electron chi connectivity index (χ3n) is 4.82. The van der Waals surface area contributed by atoms with Crippen LogP contribution in [0.4, 0.5) is 10.1 Å². The predicted molar refractivity (Wildman–Crippen MR) is 98.3 cm³/mol. The van der Waals surface area contributed by atoms with E-state index in [9.17, 15) is 9.18 Å². The number of carbonyl (C=O) groups is 1. The van der Waals surface area contributed by atoms with Crippen LogP contribution in [-0.2, 0) is 14.1 Å². The van der Waals surface area contributed by atoms with E-state index >= 15 is 0 Å². The zero-order chi connectivity index (χ0) is 19.0. The van der Waals surface area contributed by atoms with Gasteiger partial charge >= 0.3 is 7.12 Å². The maximum Gasteiger partial charge on any atom is 0.492 e. The molecule has 0 aromatic heterocycles. The molecule has 1 heterocycles. The first kappa shape index (κ1) is 19.5. The van der Waals surface area contributed by atoms with Crippen molar-refractivity contribution in [3.8, 4) is 0 Å². The highest BCUT2D eigenvalue weighted by molar-refractivity contribution is 6.56. The zero-order valence-electron chi connectivity index (χ0n) is 15.7. The fraction of sp³-hybridized carbons (Fsp3) is 0.500. The molecule has 0 spiro atoms. The summed E-state index contributed by atoms with van der Waals surface area (Å²) in [5, 5.41) is 2.73. The molecule has 0 unspecified atom stereocenters. The van der Waals surface area contributed by atoms with Crippen LogP contribution in [0, 0.1) is 12.7 Å². The molecule has 1 aliphatic rings. The van der Waals surface area contributed by atoms with E-state index < -0.39 is 24.1 Å². The van der Waals surface area contributed by atoms with Gasteiger partial charge in [0, 0.05) is 24.7 Å². The quantitative estimate of drug-likeness (QED) is 0.648. The van der Waals surface area contributed by atoms with Crippen molar-refractivity contribution >= 4 is 24.8 Å². The molecule has 7 heteroatoms. The topological polar surface area (TPSA) is 73.6 Å². The van der Waals surface area contributed by atoms with Crippen LogP contribution < -0.4 is 11.1 Å². The lowest BCUT2D eigenvalue weighted by atomic mass is 9.76. The van der Waals surface area contributed by atoms with E-state index in [0.29, 0.717) is 16.7 Å². The van der Waals surface area contributed by atoms with Gasteiger partial charge in [0.25, 0.3) is 0 Å². The zero-order valence-corrected chi connectivity index (χ0v) is 15.7. The molecular weight excluding hydrogens is 322 g/mol. The average molecular weight is 348 g/mol. The van der Waals surface area contributed by atoms with Crippen molar-refractivity contribution in [3.63, 3.8) is 0 Å². The Morgan fingerprint density at radius 2 is 1.84 bits per heavy atom. The molecule has 1 fully saturated rings. The Morgan fingerprint density at radius 1 is 1.28 bits per heavy atom. The standard InChI is InChI=1S/C18H26BFN2O3/c1-11-7-13(15(20)9-16(11)21)8-14(10-22-12(2)23)19-24-17(3,4)18(5,6)25-19/h7-9H,10,21H2,1-6H3,(H,22,23). The second kappa shape index (κ2) is 6.80. The Bertz CT molecular complexity index is 701. The Hall–Kier alpha value is -1.86. The van der Waals surface area contributed by atoms with E-state index in [1.165, 1.54) is 13.0 Å². The van der Waals surface area contributed by atoms with Gasteiger partial charge < -0.3 is 20.4 Å². The van der Waals surface area contributed by atoms with Gasteiger partial charge in [-0.05, 0) is 57.8 Å². The minimum atomic E-state index is -0.672. The van der Waals surface area contributed by atoms with Crippen LogP contribution in [0.25, 0.3) is 6.08 Å². The lowest BCUT2D eigenvalue weighted by molar-refractivity contribution is -0.118.